The fourth-order valence-corrected chi connectivity index (χ4v) is 6.60. The van der Waals surface area contributed by atoms with Crippen LogP contribution < -0.4 is 0 Å². The van der Waals surface area contributed by atoms with Gasteiger partial charge < -0.3 is 4.98 Å². The van der Waals surface area contributed by atoms with E-state index in [0.717, 1.165) is 43.0 Å². The molecule has 0 spiro atoms. The zero-order valence-corrected chi connectivity index (χ0v) is 23.9. The molecule has 0 bridgehead atoms. The van der Waals surface area contributed by atoms with Crippen LogP contribution in [-0.2, 0) is 0 Å². The molecule has 6 nitrogen and oxygen atoms in total. The number of nitrogens with one attached hydrogen (secondary N) is 1. The smallest absolute Gasteiger partial charge is 0.111 e. The molecule has 1 aliphatic carbocycles. The quantitative estimate of drug-likeness (QED) is 0.384. The predicted molar refractivity (Wildman–Crippen MR) is 162 cm³/mol. The maximum Gasteiger partial charge on any atom is 0.111 e. The largest absolute Gasteiger partial charge is 0.354 e. The van der Waals surface area contributed by atoms with Crippen LogP contribution in [0.4, 0.5) is 0 Å². The first-order valence-corrected chi connectivity index (χ1v) is 14.6. The van der Waals surface area contributed by atoms with Gasteiger partial charge in [0.2, 0.25) is 0 Å². The van der Waals surface area contributed by atoms with Crippen LogP contribution in [0.1, 0.15) is 99.5 Å². The maximum atomic E-state index is 4.58. The van der Waals surface area contributed by atoms with Gasteiger partial charge in [-0.05, 0) is 124 Å². The first kappa shape index (κ1) is 25.9. The van der Waals surface area contributed by atoms with E-state index in [1.54, 1.807) is 6.34 Å². The minimum absolute atomic E-state index is 0.216. The monoisotopic (exact) mass is 520 g/mol. The lowest BCUT2D eigenvalue weighted by atomic mass is 9.86. The highest BCUT2D eigenvalue weighted by Crippen LogP contribution is 2.39. The van der Waals surface area contributed by atoms with E-state index in [9.17, 15) is 0 Å². The summed E-state index contributed by atoms with van der Waals surface area (Å²) in [5.74, 6) is 1.00. The molecule has 1 aromatic carbocycles. The second-order valence-corrected chi connectivity index (χ2v) is 11.8. The van der Waals surface area contributed by atoms with Crippen molar-refractivity contribution in [2.45, 2.75) is 84.2 Å². The summed E-state index contributed by atoms with van der Waals surface area (Å²) in [5.41, 5.74) is 11.0. The molecule has 202 valence electrons. The van der Waals surface area contributed by atoms with Crippen molar-refractivity contribution in [3.05, 3.63) is 76.3 Å². The minimum atomic E-state index is 0.216. The third kappa shape index (κ3) is 5.03. The highest BCUT2D eigenvalue weighted by molar-refractivity contribution is 6.11. The Morgan fingerprint density at radius 2 is 1.79 bits per heavy atom. The molecule has 1 saturated heterocycles. The number of fused-ring (bicyclic) bond motifs is 2. The first-order chi connectivity index (χ1) is 18.9. The molecule has 0 saturated carbocycles. The lowest BCUT2D eigenvalue weighted by Gasteiger charge is -2.35. The van der Waals surface area contributed by atoms with Gasteiger partial charge in [-0.1, -0.05) is 26.0 Å². The predicted octanol–water partition coefficient (Wildman–Crippen LogP) is 7.31. The second-order valence-electron chi connectivity index (χ2n) is 11.8. The van der Waals surface area contributed by atoms with Gasteiger partial charge in [0.05, 0.1) is 29.2 Å². The van der Waals surface area contributed by atoms with Crippen LogP contribution >= 0.6 is 0 Å². The van der Waals surface area contributed by atoms with Gasteiger partial charge >= 0.3 is 0 Å². The summed E-state index contributed by atoms with van der Waals surface area (Å²) in [5, 5.41) is 10.1. The molecule has 4 heterocycles. The summed E-state index contributed by atoms with van der Waals surface area (Å²) in [6.07, 6.45) is 10.8. The number of aryl methyl sites for hydroxylation is 1. The van der Waals surface area contributed by atoms with Crippen LogP contribution in [0.25, 0.3) is 16.5 Å². The van der Waals surface area contributed by atoms with Gasteiger partial charge in [-0.15, -0.1) is 0 Å². The van der Waals surface area contributed by atoms with E-state index in [2.05, 4.69) is 100 Å². The SMILES string of the molecule is C/C1=C/C(c2[nH]c3ccc(C4CCN(C(C)c5ccc(C)nn5)CC4)cc3c2C(C)C)=C\CCC2N=CN=C12. The van der Waals surface area contributed by atoms with E-state index < -0.39 is 0 Å². The van der Waals surface area contributed by atoms with Gasteiger partial charge in [-0.25, -0.2) is 4.99 Å². The summed E-state index contributed by atoms with van der Waals surface area (Å²) in [6.45, 7) is 13.2. The van der Waals surface area contributed by atoms with Crippen LogP contribution in [0.3, 0.4) is 0 Å². The number of rotatable bonds is 5. The van der Waals surface area contributed by atoms with Gasteiger partial charge in [0.25, 0.3) is 0 Å². The summed E-state index contributed by atoms with van der Waals surface area (Å²) in [6, 6.07) is 11.8. The van der Waals surface area contributed by atoms with Gasteiger partial charge in [0, 0.05) is 16.6 Å². The van der Waals surface area contributed by atoms with Crippen LogP contribution in [0.15, 0.2) is 58.0 Å². The third-order valence-electron chi connectivity index (χ3n) is 8.86. The number of aliphatic imine (C=N–C) groups is 2. The second kappa shape index (κ2) is 10.6. The first-order valence-electron chi connectivity index (χ1n) is 14.6. The Kier molecular flexibility index (Phi) is 7.06. The molecule has 1 N–H and O–H groups in total. The van der Waals surface area contributed by atoms with Crippen molar-refractivity contribution < 1.29 is 0 Å². The molecule has 0 radical (unpaired) electrons. The summed E-state index contributed by atoms with van der Waals surface area (Å²) in [4.78, 5) is 15.5. The molecule has 3 aromatic rings. The Labute approximate surface area is 232 Å². The Balaban J connectivity index is 1.25. The van der Waals surface area contributed by atoms with Crippen LogP contribution in [-0.4, -0.2) is 51.3 Å². The molecule has 0 amide bonds. The molecule has 6 rings (SSSR count). The summed E-state index contributed by atoms with van der Waals surface area (Å²) in [7, 11) is 0. The zero-order chi connectivity index (χ0) is 27.1. The molecule has 2 atom stereocenters. The Bertz CT molecular complexity index is 1480. The Morgan fingerprint density at radius 3 is 2.54 bits per heavy atom. The number of piperidine rings is 1. The maximum absolute atomic E-state index is 4.58. The van der Waals surface area contributed by atoms with Crippen molar-refractivity contribution in [1.82, 2.24) is 20.1 Å². The molecule has 3 aliphatic rings. The molecular formula is C33H40N6. The molecular weight excluding hydrogens is 480 g/mol. The Morgan fingerprint density at radius 1 is 0.974 bits per heavy atom. The molecule has 2 unspecified atom stereocenters. The number of allylic oxidation sites excluding steroid dienone is 3. The van der Waals surface area contributed by atoms with Gasteiger partial charge in [0.15, 0.2) is 0 Å². The van der Waals surface area contributed by atoms with Crippen molar-refractivity contribution in [3.63, 3.8) is 0 Å². The standard InChI is InChI=1S/C33H40N6/c1-20(2)31-27-18-25(24-13-15-39(16-14-24)23(5)28-11-9-22(4)37-38-28)10-12-29(27)36-33(31)26-7-6-8-30-32(21(3)17-26)35-19-34-30/h7,9-12,17-20,23-24,30,36H,6,8,13-16H2,1-5H3/b21-17-,26-7+. The highest BCUT2D eigenvalue weighted by atomic mass is 15.2. The number of hydrogen-bond acceptors (Lipinski definition) is 5. The fourth-order valence-electron chi connectivity index (χ4n) is 6.60. The molecule has 2 aromatic heterocycles. The third-order valence-corrected chi connectivity index (χ3v) is 8.86. The number of hydrogen-bond donors (Lipinski definition) is 1. The van der Waals surface area contributed by atoms with E-state index in [-0.39, 0.29) is 6.04 Å². The van der Waals surface area contributed by atoms with Crippen LogP contribution in [0.2, 0.25) is 0 Å². The number of benzene rings is 1. The Hall–Kier alpha value is -3.38. The molecule has 39 heavy (non-hydrogen) atoms. The van der Waals surface area contributed by atoms with E-state index in [4.69, 9.17) is 0 Å². The lowest BCUT2D eigenvalue weighted by molar-refractivity contribution is 0.159. The number of nitrogens with zero attached hydrogens (tertiary/aromatic N) is 5. The number of H-pyrrole nitrogens is 1. The van der Waals surface area contributed by atoms with Gasteiger partial charge in [0.1, 0.15) is 6.34 Å². The normalized spacial score (nSPS) is 24.1. The summed E-state index contributed by atoms with van der Waals surface area (Å²) < 4.78 is 0. The van der Waals surface area contributed by atoms with E-state index in [1.165, 1.54) is 51.7 Å². The highest BCUT2D eigenvalue weighted by Gasteiger charge is 2.27. The number of aromatic nitrogens is 3. The van der Waals surface area contributed by atoms with E-state index >= 15 is 0 Å². The summed E-state index contributed by atoms with van der Waals surface area (Å²) >= 11 is 0. The topological polar surface area (TPSA) is 69.5 Å². The van der Waals surface area contributed by atoms with Crippen molar-refractivity contribution in [3.8, 4) is 0 Å². The molecule has 1 fully saturated rings. The van der Waals surface area contributed by atoms with Gasteiger partial charge in [-0.3, -0.25) is 9.89 Å². The van der Waals surface area contributed by atoms with E-state index in [0.29, 0.717) is 17.9 Å². The van der Waals surface area contributed by atoms with Crippen molar-refractivity contribution in [1.29, 1.82) is 0 Å². The number of aromatic amines is 1. The van der Waals surface area contributed by atoms with Crippen molar-refractivity contribution in [2.75, 3.05) is 13.1 Å². The van der Waals surface area contributed by atoms with Crippen LogP contribution in [0, 0.1) is 6.92 Å². The molecule has 2 aliphatic heterocycles. The van der Waals surface area contributed by atoms with E-state index in [1.807, 2.05) is 6.92 Å². The molecule has 6 heteroatoms. The number of likely N-dealkylation sites (tertiary alicyclic amines) is 1. The van der Waals surface area contributed by atoms with Crippen LogP contribution in [0.5, 0.6) is 0 Å². The lowest BCUT2D eigenvalue weighted by Crippen LogP contribution is -2.35. The minimum Gasteiger partial charge on any atom is -0.354 e. The fraction of sp³-hybridized carbons (Fsp3) is 0.455. The average molecular weight is 521 g/mol. The average Bonchev–Trinajstić information content (AvgIpc) is 3.56. The zero-order valence-electron chi connectivity index (χ0n) is 23.9. The van der Waals surface area contributed by atoms with Gasteiger partial charge in [-0.2, -0.15) is 10.2 Å². The van der Waals surface area contributed by atoms with Crippen molar-refractivity contribution in [2.24, 2.45) is 9.98 Å². The van der Waals surface area contributed by atoms with Crippen molar-refractivity contribution >= 4 is 28.5 Å².